The van der Waals surface area contributed by atoms with Gasteiger partial charge in [-0.2, -0.15) is 0 Å². The Morgan fingerprint density at radius 1 is 1.25 bits per heavy atom. The van der Waals surface area contributed by atoms with Crippen LogP contribution in [0.5, 0.6) is 5.75 Å². The van der Waals surface area contributed by atoms with E-state index in [4.69, 9.17) is 4.74 Å². The van der Waals surface area contributed by atoms with Crippen molar-refractivity contribution in [2.24, 2.45) is 0 Å². The van der Waals surface area contributed by atoms with Crippen LogP contribution in [0.15, 0.2) is 41.1 Å². The van der Waals surface area contributed by atoms with E-state index in [0.29, 0.717) is 15.8 Å². The molecular formula is C15H15BrFNO2. The van der Waals surface area contributed by atoms with Gasteiger partial charge in [0.25, 0.3) is 0 Å². The second-order valence-electron chi connectivity index (χ2n) is 4.69. The summed E-state index contributed by atoms with van der Waals surface area (Å²) in [5.74, 6) is 0.0860. The van der Waals surface area contributed by atoms with Gasteiger partial charge < -0.3 is 9.84 Å². The molecule has 1 N–H and O–H groups in total. The van der Waals surface area contributed by atoms with Crippen LogP contribution in [0.2, 0.25) is 0 Å². The largest absolute Gasteiger partial charge is 0.489 e. The van der Waals surface area contributed by atoms with Crippen LogP contribution in [-0.2, 0) is 0 Å². The smallest absolute Gasteiger partial charge is 0.138 e. The molecule has 0 fully saturated rings. The molecule has 0 radical (unpaired) electrons. The fourth-order valence-electron chi connectivity index (χ4n) is 1.83. The van der Waals surface area contributed by atoms with Gasteiger partial charge in [0.15, 0.2) is 0 Å². The number of rotatable bonds is 4. The first-order valence-corrected chi connectivity index (χ1v) is 7.01. The minimum absolute atomic E-state index is 0.00630. The minimum Gasteiger partial charge on any atom is -0.489 e. The first-order chi connectivity index (χ1) is 9.47. The topological polar surface area (TPSA) is 42.4 Å². The summed E-state index contributed by atoms with van der Waals surface area (Å²) < 4.78 is 20.0. The Morgan fingerprint density at radius 2 is 2.00 bits per heavy atom. The van der Waals surface area contributed by atoms with E-state index in [2.05, 4.69) is 20.9 Å². The summed E-state index contributed by atoms with van der Waals surface area (Å²) in [6.07, 6.45) is 1.98. The number of pyridine rings is 1. The maximum Gasteiger partial charge on any atom is 0.138 e. The average molecular weight is 340 g/mol. The molecule has 0 saturated carbocycles. The fraction of sp³-hybridized carbons (Fsp3) is 0.267. The molecule has 0 bridgehead atoms. The van der Waals surface area contributed by atoms with Crippen LogP contribution >= 0.6 is 15.9 Å². The number of aromatic nitrogens is 1. The molecule has 0 spiro atoms. The fourth-order valence-corrected chi connectivity index (χ4v) is 2.20. The predicted octanol–water partition coefficient (Wildman–Crippen LogP) is 3.85. The number of hydrogen-bond donors (Lipinski definition) is 1. The van der Waals surface area contributed by atoms with Crippen molar-refractivity contribution >= 4 is 15.9 Å². The zero-order valence-corrected chi connectivity index (χ0v) is 12.8. The Morgan fingerprint density at radius 3 is 2.70 bits per heavy atom. The molecule has 20 heavy (non-hydrogen) atoms. The molecule has 0 amide bonds. The molecule has 0 aliphatic carbocycles. The molecule has 1 atom stereocenters. The van der Waals surface area contributed by atoms with E-state index in [9.17, 15) is 9.50 Å². The minimum atomic E-state index is -1.09. The molecule has 1 heterocycles. The molecular weight excluding hydrogens is 325 g/mol. The van der Waals surface area contributed by atoms with Crippen molar-refractivity contribution in [3.05, 3.63) is 58.1 Å². The van der Waals surface area contributed by atoms with Crippen LogP contribution in [0, 0.1) is 5.82 Å². The van der Waals surface area contributed by atoms with Crippen LogP contribution in [0.25, 0.3) is 0 Å². The van der Waals surface area contributed by atoms with Gasteiger partial charge in [-0.1, -0.05) is 15.9 Å². The molecule has 2 rings (SSSR count). The maximum absolute atomic E-state index is 13.8. The molecule has 0 aliphatic heterocycles. The standard InChI is InChI=1S/C15H15BrFNO2/c1-9(2)20-12-5-10(7-18-8-12)15(19)13-6-11(16)3-4-14(13)17/h3-9,15,19H,1-2H3. The summed E-state index contributed by atoms with van der Waals surface area (Å²) in [5, 5.41) is 10.3. The van der Waals surface area contributed by atoms with Gasteiger partial charge in [-0.25, -0.2) is 4.39 Å². The predicted molar refractivity (Wildman–Crippen MR) is 78.2 cm³/mol. The van der Waals surface area contributed by atoms with E-state index in [-0.39, 0.29) is 11.7 Å². The van der Waals surface area contributed by atoms with Crippen LogP contribution in [0.1, 0.15) is 31.1 Å². The molecule has 3 nitrogen and oxygen atoms in total. The van der Waals surface area contributed by atoms with E-state index in [1.807, 2.05) is 13.8 Å². The molecule has 5 heteroatoms. The van der Waals surface area contributed by atoms with Gasteiger partial charge in [0.2, 0.25) is 0 Å². The van der Waals surface area contributed by atoms with Crippen molar-refractivity contribution < 1.29 is 14.2 Å². The van der Waals surface area contributed by atoms with Gasteiger partial charge in [-0.05, 0) is 38.1 Å². The number of ether oxygens (including phenoxy) is 1. The lowest BCUT2D eigenvalue weighted by Crippen LogP contribution is -2.08. The molecule has 106 valence electrons. The number of hydrogen-bond acceptors (Lipinski definition) is 3. The highest BCUT2D eigenvalue weighted by atomic mass is 79.9. The Balaban J connectivity index is 2.33. The Hall–Kier alpha value is -1.46. The third kappa shape index (κ3) is 3.55. The second-order valence-corrected chi connectivity index (χ2v) is 5.60. The van der Waals surface area contributed by atoms with Gasteiger partial charge in [0.05, 0.1) is 12.3 Å². The van der Waals surface area contributed by atoms with E-state index >= 15 is 0 Å². The van der Waals surface area contributed by atoms with Crippen LogP contribution in [0.3, 0.4) is 0 Å². The van der Waals surface area contributed by atoms with Gasteiger partial charge in [-0.15, -0.1) is 0 Å². The van der Waals surface area contributed by atoms with Crippen LogP contribution in [-0.4, -0.2) is 16.2 Å². The van der Waals surface area contributed by atoms with Crippen LogP contribution in [0.4, 0.5) is 4.39 Å². The molecule has 0 saturated heterocycles. The summed E-state index contributed by atoms with van der Waals surface area (Å²) in [7, 11) is 0. The summed E-state index contributed by atoms with van der Waals surface area (Å²) in [6, 6.07) is 6.11. The van der Waals surface area contributed by atoms with Crippen molar-refractivity contribution in [1.82, 2.24) is 4.98 Å². The second kappa shape index (κ2) is 6.33. The van der Waals surface area contributed by atoms with E-state index < -0.39 is 11.9 Å². The van der Waals surface area contributed by atoms with Crippen LogP contribution < -0.4 is 4.74 Å². The highest BCUT2D eigenvalue weighted by Crippen LogP contribution is 2.28. The Bertz CT molecular complexity index is 604. The maximum atomic E-state index is 13.8. The van der Waals surface area contributed by atoms with Crippen molar-refractivity contribution in [3.8, 4) is 5.75 Å². The van der Waals surface area contributed by atoms with Gasteiger partial charge >= 0.3 is 0 Å². The third-order valence-electron chi connectivity index (χ3n) is 2.67. The lowest BCUT2D eigenvalue weighted by molar-refractivity contribution is 0.211. The van der Waals surface area contributed by atoms with E-state index in [1.165, 1.54) is 12.3 Å². The van der Waals surface area contributed by atoms with Gasteiger partial charge in [0.1, 0.15) is 17.7 Å². The lowest BCUT2D eigenvalue weighted by Gasteiger charge is -2.15. The zero-order chi connectivity index (χ0) is 14.7. The molecule has 1 unspecified atom stereocenters. The Kier molecular flexibility index (Phi) is 4.73. The van der Waals surface area contributed by atoms with E-state index in [0.717, 1.165) is 0 Å². The molecule has 1 aromatic carbocycles. The SMILES string of the molecule is CC(C)Oc1cncc(C(O)c2cc(Br)ccc2F)c1. The monoisotopic (exact) mass is 339 g/mol. The average Bonchev–Trinajstić information content (AvgIpc) is 2.40. The highest BCUT2D eigenvalue weighted by molar-refractivity contribution is 9.10. The van der Waals surface area contributed by atoms with E-state index in [1.54, 1.807) is 24.4 Å². The molecule has 2 aromatic rings. The first kappa shape index (κ1) is 14.9. The molecule has 0 aliphatic rings. The zero-order valence-electron chi connectivity index (χ0n) is 11.2. The van der Waals surface area contributed by atoms with Crippen molar-refractivity contribution in [2.45, 2.75) is 26.1 Å². The number of halogens is 2. The Labute approximate surface area is 125 Å². The quantitative estimate of drug-likeness (QED) is 0.919. The molecule has 1 aromatic heterocycles. The summed E-state index contributed by atoms with van der Waals surface area (Å²) >= 11 is 3.27. The number of aliphatic hydroxyl groups excluding tert-OH is 1. The number of nitrogens with zero attached hydrogens (tertiary/aromatic N) is 1. The first-order valence-electron chi connectivity index (χ1n) is 6.22. The summed E-state index contributed by atoms with van der Waals surface area (Å²) in [6.45, 7) is 3.80. The number of aliphatic hydroxyl groups is 1. The van der Waals surface area contributed by atoms with Gasteiger partial charge in [0, 0.05) is 21.8 Å². The van der Waals surface area contributed by atoms with Crippen molar-refractivity contribution in [1.29, 1.82) is 0 Å². The lowest BCUT2D eigenvalue weighted by atomic mass is 10.0. The third-order valence-corrected chi connectivity index (χ3v) is 3.17. The highest BCUT2D eigenvalue weighted by Gasteiger charge is 2.16. The normalized spacial score (nSPS) is 12.5. The summed E-state index contributed by atoms with van der Waals surface area (Å²) in [4.78, 5) is 4.02. The van der Waals surface area contributed by atoms with Crippen molar-refractivity contribution in [3.63, 3.8) is 0 Å². The van der Waals surface area contributed by atoms with Crippen molar-refractivity contribution in [2.75, 3.05) is 0 Å². The summed E-state index contributed by atoms with van der Waals surface area (Å²) in [5.41, 5.74) is 0.683. The number of benzene rings is 1. The van der Waals surface area contributed by atoms with Gasteiger partial charge in [-0.3, -0.25) is 4.98 Å².